The predicted octanol–water partition coefficient (Wildman–Crippen LogP) is 2.00. The van der Waals surface area contributed by atoms with E-state index in [4.69, 9.17) is 4.74 Å². The van der Waals surface area contributed by atoms with Gasteiger partial charge in [-0.2, -0.15) is 0 Å². The van der Waals surface area contributed by atoms with E-state index in [2.05, 4.69) is 17.2 Å². The smallest absolute Gasteiger partial charge is 0.127 e. The first-order valence-corrected chi connectivity index (χ1v) is 5.72. The van der Waals surface area contributed by atoms with E-state index in [0.717, 1.165) is 30.6 Å². The minimum Gasteiger partial charge on any atom is -0.379 e. The summed E-state index contributed by atoms with van der Waals surface area (Å²) in [6, 6.07) is 6.07. The Morgan fingerprint density at radius 2 is 2.43 bits per heavy atom. The van der Waals surface area contributed by atoms with Crippen LogP contribution in [0.25, 0.3) is 0 Å². The van der Waals surface area contributed by atoms with Gasteiger partial charge in [0.2, 0.25) is 0 Å². The SMILES string of the molecule is CCNc1cccc(SC2COC2)n1. The van der Waals surface area contributed by atoms with Crippen LogP contribution in [0, 0.1) is 0 Å². The number of ether oxygens (including phenoxy) is 1. The van der Waals surface area contributed by atoms with Gasteiger partial charge in [-0.15, -0.1) is 0 Å². The third-order valence-corrected chi connectivity index (χ3v) is 3.05. The molecule has 0 saturated carbocycles. The van der Waals surface area contributed by atoms with Crippen LogP contribution in [0.2, 0.25) is 0 Å². The van der Waals surface area contributed by atoms with Crippen molar-refractivity contribution in [1.82, 2.24) is 4.98 Å². The number of hydrogen-bond donors (Lipinski definition) is 1. The normalized spacial score (nSPS) is 16.4. The summed E-state index contributed by atoms with van der Waals surface area (Å²) in [6.45, 7) is 4.70. The summed E-state index contributed by atoms with van der Waals surface area (Å²) >= 11 is 1.79. The van der Waals surface area contributed by atoms with Crippen LogP contribution in [0.1, 0.15) is 6.92 Å². The molecule has 0 atom stereocenters. The summed E-state index contributed by atoms with van der Waals surface area (Å²) in [6.07, 6.45) is 0. The summed E-state index contributed by atoms with van der Waals surface area (Å²) in [5.74, 6) is 0.956. The van der Waals surface area contributed by atoms with Crippen molar-refractivity contribution >= 4 is 17.6 Å². The molecule has 0 spiro atoms. The average molecular weight is 210 g/mol. The number of thioether (sulfide) groups is 1. The standard InChI is InChI=1S/C10H14N2OS/c1-2-11-9-4-3-5-10(12-9)14-8-6-13-7-8/h3-5,8H,2,6-7H2,1H3,(H,11,12). The van der Waals surface area contributed by atoms with Crippen molar-refractivity contribution < 1.29 is 4.74 Å². The lowest BCUT2D eigenvalue weighted by molar-refractivity contribution is 0.0455. The molecule has 0 amide bonds. The van der Waals surface area contributed by atoms with Crippen LogP contribution in [-0.4, -0.2) is 30.0 Å². The van der Waals surface area contributed by atoms with Crippen LogP contribution in [0.15, 0.2) is 23.2 Å². The van der Waals surface area contributed by atoms with Gasteiger partial charge in [-0.3, -0.25) is 0 Å². The Labute approximate surface area is 88.3 Å². The molecule has 0 aliphatic carbocycles. The minimum absolute atomic E-state index is 0.597. The van der Waals surface area contributed by atoms with Gasteiger partial charge in [-0.05, 0) is 19.1 Å². The molecule has 2 heterocycles. The first-order valence-electron chi connectivity index (χ1n) is 4.84. The third-order valence-electron chi connectivity index (χ3n) is 1.98. The summed E-state index contributed by atoms with van der Waals surface area (Å²) in [4.78, 5) is 4.48. The lowest BCUT2D eigenvalue weighted by Gasteiger charge is -2.24. The Morgan fingerprint density at radius 3 is 3.07 bits per heavy atom. The molecule has 0 bridgehead atoms. The van der Waals surface area contributed by atoms with Crippen molar-refractivity contribution in [1.29, 1.82) is 0 Å². The fraction of sp³-hybridized carbons (Fsp3) is 0.500. The Morgan fingerprint density at radius 1 is 1.57 bits per heavy atom. The molecular formula is C10H14N2OS. The van der Waals surface area contributed by atoms with E-state index in [1.54, 1.807) is 11.8 Å². The molecule has 0 unspecified atom stereocenters. The number of rotatable bonds is 4. The zero-order valence-electron chi connectivity index (χ0n) is 8.19. The van der Waals surface area contributed by atoms with Crippen LogP contribution in [-0.2, 0) is 4.74 Å². The molecule has 1 N–H and O–H groups in total. The topological polar surface area (TPSA) is 34.1 Å². The van der Waals surface area contributed by atoms with Gasteiger partial charge in [0.15, 0.2) is 0 Å². The largest absolute Gasteiger partial charge is 0.379 e. The lowest BCUT2D eigenvalue weighted by Crippen LogP contribution is -2.30. The first kappa shape index (κ1) is 9.80. The van der Waals surface area contributed by atoms with Crippen molar-refractivity contribution in [2.45, 2.75) is 17.2 Å². The van der Waals surface area contributed by atoms with E-state index in [1.807, 2.05) is 18.2 Å². The molecule has 0 radical (unpaired) electrons. The molecule has 14 heavy (non-hydrogen) atoms. The second-order valence-corrected chi connectivity index (χ2v) is 4.49. The molecule has 1 aromatic rings. The van der Waals surface area contributed by atoms with Crippen LogP contribution >= 0.6 is 11.8 Å². The van der Waals surface area contributed by atoms with Gasteiger partial charge in [0.25, 0.3) is 0 Å². The maximum atomic E-state index is 5.12. The molecule has 76 valence electrons. The zero-order valence-corrected chi connectivity index (χ0v) is 9.01. The number of aromatic nitrogens is 1. The van der Waals surface area contributed by atoms with E-state index in [1.165, 1.54) is 0 Å². The van der Waals surface area contributed by atoms with Crippen molar-refractivity contribution in [2.24, 2.45) is 0 Å². The maximum Gasteiger partial charge on any atom is 0.127 e. The second kappa shape index (κ2) is 4.66. The zero-order chi connectivity index (χ0) is 9.80. The lowest BCUT2D eigenvalue weighted by atomic mass is 10.4. The van der Waals surface area contributed by atoms with E-state index in [9.17, 15) is 0 Å². The fourth-order valence-corrected chi connectivity index (χ4v) is 2.19. The molecule has 0 aromatic carbocycles. The van der Waals surface area contributed by atoms with Gasteiger partial charge in [0, 0.05) is 6.54 Å². The highest BCUT2D eigenvalue weighted by atomic mass is 32.2. The molecule has 2 rings (SSSR count). The monoisotopic (exact) mass is 210 g/mol. The van der Waals surface area contributed by atoms with Crippen molar-refractivity contribution in [3.8, 4) is 0 Å². The van der Waals surface area contributed by atoms with E-state index in [-0.39, 0.29) is 0 Å². The Bertz CT molecular complexity index is 302. The van der Waals surface area contributed by atoms with Crippen LogP contribution in [0.5, 0.6) is 0 Å². The van der Waals surface area contributed by atoms with Gasteiger partial charge < -0.3 is 10.1 Å². The summed E-state index contributed by atoms with van der Waals surface area (Å²) < 4.78 is 5.12. The van der Waals surface area contributed by atoms with Gasteiger partial charge in [-0.25, -0.2) is 4.98 Å². The predicted molar refractivity (Wildman–Crippen MR) is 58.9 cm³/mol. The molecule has 1 saturated heterocycles. The van der Waals surface area contributed by atoms with Gasteiger partial charge >= 0.3 is 0 Å². The maximum absolute atomic E-state index is 5.12. The Hall–Kier alpha value is -0.740. The second-order valence-electron chi connectivity index (χ2n) is 3.17. The number of nitrogens with zero attached hydrogens (tertiary/aromatic N) is 1. The molecule has 1 aliphatic heterocycles. The molecule has 4 heteroatoms. The van der Waals surface area contributed by atoms with E-state index in [0.29, 0.717) is 5.25 Å². The Kier molecular flexibility index (Phi) is 3.26. The molecule has 1 aromatic heterocycles. The first-order chi connectivity index (χ1) is 6.88. The number of anilines is 1. The molecule has 1 fully saturated rings. The van der Waals surface area contributed by atoms with Crippen LogP contribution < -0.4 is 5.32 Å². The quantitative estimate of drug-likeness (QED) is 0.824. The molecule has 1 aliphatic rings. The van der Waals surface area contributed by atoms with Crippen LogP contribution in [0.4, 0.5) is 5.82 Å². The van der Waals surface area contributed by atoms with E-state index < -0.39 is 0 Å². The summed E-state index contributed by atoms with van der Waals surface area (Å²) in [5, 5.41) is 4.88. The number of hydrogen-bond acceptors (Lipinski definition) is 4. The molecular weight excluding hydrogens is 196 g/mol. The minimum atomic E-state index is 0.597. The van der Waals surface area contributed by atoms with Crippen molar-refractivity contribution in [2.75, 3.05) is 25.1 Å². The average Bonchev–Trinajstić information content (AvgIpc) is 2.13. The summed E-state index contributed by atoms with van der Waals surface area (Å²) in [5.41, 5.74) is 0. The van der Waals surface area contributed by atoms with Crippen molar-refractivity contribution in [3.63, 3.8) is 0 Å². The van der Waals surface area contributed by atoms with E-state index >= 15 is 0 Å². The highest BCUT2D eigenvalue weighted by Gasteiger charge is 2.19. The highest BCUT2D eigenvalue weighted by molar-refractivity contribution is 8.00. The molecule has 3 nitrogen and oxygen atoms in total. The third kappa shape index (κ3) is 2.39. The van der Waals surface area contributed by atoms with Gasteiger partial charge in [0.05, 0.1) is 23.5 Å². The Balaban J connectivity index is 1.97. The van der Waals surface area contributed by atoms with Crippen molar-refractivity contribution in [3.05, 3.63) is 18.2 Å². The summed E-state index contributed by atoms with van der Waals surface area (Å²) in [7, 11) is 0. The van der Waals surface area contributed by atoms with Gasteiger partial charge in [0.1, 0.15) is 5.82 Å². The van der Waals surface area contributed by atoms with Crippen LogP contribution in [0.3, 0.4) is 0 Å². The number of pyridine rings is 1. The fourth-order valence-electron chi connectivity index (χ4n) is 1.21. The highest BCUT2D eigenvalue weighted by Crippen LogP contribution is 2.26. The van der Waals surface area contributed by atoms with Gasteiger partial charge in [-0.1, -0.05) is 17.8 Å². The number of nitrogens with one attached hydrogen (secondary N) is 1.